The Labute approximate surface area is 117 Å². The van der Waals surface area contributed by atoms with Gasteiger partial charge in [0.05, 0.1) is 11.6 Å². The molecule has 0 saturated heterocycles. The molecule has 0 spiro atoms. The van der Waals surface area contributed by atoms with Crippen LogP contribution in [-0.4, -0.2) is 12.5 Å². The molecule has 0 aliphatic rings. The fraction of sp³-hybridized carbons (Fsp3) is 0.500. The van der Waals surface area contributed by atoms with Gasteiger partial charge in [-0.05, 0) is 37.6 Å². The van der Waals surface area contributed by atoms with E-state index in [1.54, 1.807) is 24.0 Å². The van der Waals surface area contributed by atoms with Crippen molar-refractivity contribution < 1.29 is 4.79 Å². The topological polar surface area (TPSA) is 44.1 Å². The van der Waals surface area contributed by atoms with Crippen molar-refractivity contribution in [2.24, 2.45) is 0 Å². The van der Waals surface area contributed by atoms with E-state index in [0.717, 1.165) is 11.3 Å². The zero-order valence-corrected chi connectivity index (χ0v) is 13.2. The molecule has 106 valence electrons. The van der Waals surface area contributed by atoms with Crippen LogP contribution in [0.25, 0.3) is 0 Å². The van der Waals surface area contributed by atoms with Crippen LogP contribution in [0.1, 0.15) is 52.7 Å². The molecule has 0 heterocycles. The van der Waals surface area contributed by atoms with Gasteiger partial charge in [0.15, 0.2) is 0 Å². The largest absolute Gasteiger partial charge is 0.313 e. The van der Waals surface area contributed by atoms with Crippen molar-refractivity contribution in [1.29, 1.82) is 5.26 Å². The Morgan fingerprint density at radius 3 is 2.11 bits per heavy atom. The lowest BCUT2D eigenvalue weighted by Crippen LogP contribution is -2.28. The number of nitrogens with zero attached hydrogens (tertiary/aromatic N) is 2. The molecule has 1 aromatic carbocycles. The predicted molar refractivity (Wildman–Crippen MR) is 82.3 cm³/mol. The highest BCUT2D eigenvalue weighted by atomic mass is 16.2. The molecule has 0 atom stereocenters. The van der Waals surface area contributed by atoms with Crippen LogP contribution in [0.15, 0.2) is 18.2 Å². The third kappa shape index (κ3) is 6.05. The Morgan fingerprint density at radius 2 is 1.79 bits per heavy atom. The lowest BCUT2D eigenvalue weighted by atomic mass is 10.1. The molecule has 0 unspecified atom stereocenters. The summed E-state index contributed by atoms with van der Waals surface area (Å²) in [4.78, 5) is 13.0. The zero-order chi connectivity index (χ0) is 15.4. The van der Waals surface area contributed by atoms with E-state index in [2.05, 4.69) is 6.07 Å². The molecule has 0 bridgehead atoms. The van der Waals surface area contributed by atoms with E-state index in [4.69, 9.17) is 5.26 Å². The van der Waals surface area contributed by atoms with E-state index in [-0.39, 0.29) is 5.91 Å². The van der Waals surface area contributed by atoms with Gasteiger partial charge >= 0.3 is 0 Å². The molecular weight excluding hydrogens is 236 g/mol. The Hall–Kier alpha value is -1.82. The van der Waals surface area contributed by atoms with Gasteiger partial charge in [-0.15, -0.1) is 0 Å². The number of rotatable bonds is 2. The number of nitriles is 1. The van der Waals surface area contributed by atoms with Gasteiger partial charge in [-0.2, -0.15) is 5.26 Å². The van der Waals surface area contributed by atoms with Crippen molar-refractivity contribution in [3.8, 4) is 6.07 Å². The van der Waals surface area contributed by atoms with Crippen molar-refractivity contribution in [3.05, 3.63) is 29.3 Å². The minimum absolute atomic E-state index is 0.0188. The SMILES string of the molecule is CC.CC.CCN(C(C)=O)c1ccc(C#N)cc1C. The first kappa shape index (κ1) is 19.5. The number of carbonyl (C=O) groups is 1. The van der Waals surface area contributed by atoms with Crippen LogP contribution in [0.5, 0.6) is 0 Å². The fourth-order valence-corrected chi connectivity index (χ4v) is 1.59. The molecule has 0 radical (unpaired) electrons. The summed E-state index contributed by atoms with van der Waals surface area (Å²) in [7, 11) is 0. The molecule has 0 saturated carbocycles. The van der Waals surface area contributed by atoms with Gasteiger partial charge in [-0.25, -0.2) is 0 Å². The molecule has 3 heteroatoms. The van der Waals surface area contributed by atoms with Gasteiger partial charge in [0.1, 0.15) is 0 Å². The Morgan fingerprint density at radius 1 is 1.26 bits per heavy atom. The highest BCUT2D eigenvalue weighted by Gasteiger charge is 2.11. The van der Waals surface area contributed by atoms with Crippen molar-refractivity contribution in [2.45, 2.75) is 48.5 Å². The molecule has 3 nitrogen and oxygen atoms in total. The molecule has 0 aromatic heterocycles. The number of hydrogen-bond donors (Lipinski definition) is 0. The summed E-state index contributed by atoms with van der Waals surface area (Å²) >= 11 is 0. The number of amides is 1. The summed E-state index contributed by atoms with van der Waals surface area (Å²) in [5, 5.41) is 8.73. The number of benzene rings is 1. The van der Waals surface area contributed by atoms with Crippen molar-refractivity contribution in [2.75, 3.05) is 11.4 Å². The summed E-state index contributed by atoms with van der Waals surface area (Å²) in [5.41, 5.74) is 2.45. The second kappa shape index (κ2) is 11.3. The van der Waals surface area contributed by atoms with Gasteiger partial charge < -0.3 is 4.90 Å². The fourth-order valence-electron chi connectivity index (χ4n) is 1.59. The third-order valence-corrected chi connectivity index (χ3v) is 2.31. The van der Waals surface area contributed by atoms with Gasteiger partial charge in [-0.1, -0.05) is 27.7 Å². The van der Waals surface area contributed by atoms with E-state index in [1.807, 2.05) is 47.6 Å². The number of anilines is 1. The molecule has 0 fully saturated rings. The summed E-state index contributed by atoms with van der Waals surface area (Å²) in [6.07, 6.45) is 0. The lowest BCUT2D eigenvalue weighted by molar-refractivity contribution is -0.116. The van der Waals surface area contributed by atoms with E-state index < -0.39 is 0 Å². The molecule has 1 rings (SSSR count). The van der Waals surface area contributed by atoms with Crippen molar-refractivity contribution in [1.82, 2.24) is 0 Å². The maximum atomic E-state index is 11.3. The summed E-state index contributed by atoms with van der Waals surface area (Å²) in [5.74, 6) is 0.0188. The second-order valence-corrected chi connectivity index (χ2v) is 3.38. The summed E-state index contributed by atoms with van der Waals surface area (Å²) in [6, 6.07) is 7.42. The first-order valence-electron chi connectivity index (χ1n) is 6.89. The van der Waals surface area contributed by atoms with Gasteiger partial charge in [0, 0.05) is 19.2 Å². The average Bonchev–Trinajstić information content (AvgIpc) is 2.45. The Bertz CT molecular complexity index is 419. The van der Waals surface area contributed by atoms with Gasteiger partial charge in [0.25, 0.3) is 0 Å². The van der Waals surface area contributed by atoms with E-state index in [1.165, 1.54) is 0 Å². The predicted octanol–water partition coefficient (Wildman–Crippen LogP) is 4.29. The van der Waals surface area contributed by atoms with Crippen LogP contribution in [0.3, 0.4) is 0 Å². The van der Waals surface area contributed by atoms with E-state index in [9.17, 15) is 4.79 Å². The van der Waals surface area contributed by atoms with E-state index in [0.29, 0.717) is 12.1 Å². The number of carbonyl (C=O) groups excluding carboxylic acids is 1. The Balaban J connectivity index is 0. The highest BCUT2D eigenvalue weighted by molar-refractivity contribution is 5.92. The van der Waals surface area contributed by atoms with Crippen LogP contribution < -0.4 is 4.90 Å². The summed E-state index contributed by atoms with van der Waals surface area (Å²) in [6.45, 7) is 14.0. The maximum Gasteiger partial charge on any atom is 0.223 e. The lowest BCUT2D eigenvalue weighted by Gasteiger charge is -2.21. The summed E-state index contributed by atoms with van der Waals surface area (Å²) < 4.78 is 0. The maximum absolute atomic E-state index is 11.3. The molecule has 19 heavy (non-hydrogen) atoms. The first-order valence-corrected chi connectivity index (χ1v) is 6.89. The molecular formula is C16H26N2O. The molecule has 1 amide bonds. The monoisotopic (exact) mass is 262 g/mol. The third-order valence-electron chi connectivity index (χ3n) is 2.31. The number of aryl methyl sites for hydroxylation is 1. The van der Waals surface area contributed by atoms with Crippen LogP contribution in [0.2, 0.25) is 0 Å². The first-order chi connectivity index (χ1) is 9.10. The highest BCUT2D eigenvalue weighted by Crippen LogP contribution is 2.21. The van der Waals surface area contributed by atoms with Crippen LogP contribution in [0.4, 0.5) is 5.69 Å². The minimum Gasteiger partial charge on any atom is -0.313 e. The van der Waals surface area contributed by atoms with Crippen LogP contribution >= 0.6 is 0 Å². The van der Waals surface area contributed by atoms with E-state index >= 15 is 0 Å². The van der Waals surface area contributed by atoms with Crippen molar-refractivity contribution in [3.63, 3.8) is 0 Å². The second-order valence-electron chi connectivity index (χ2n) is 3.38. The quantitative estimate of drug-likeness (QED) is 0.798. The zero-order valence-electron chi connectivity index (χ0n) is 13.2. The molecule has 0 N–H and O–H groups in total. The van der Waals surface area contributed by atoms with Gasteiger partial charge in [0.2, 0.25) is 5.91 Å². The molecule has 0 aliphatic carbocycles. The molecule has 1 aromatic rings. The van der Waals surface area contributed by atoms with Crippen LogP contribution in [-0.2, 0) is 4.79 Å². The average molecular weight is 262 g/mol. The minimum atomic E-state index is 0.0188. The Kier molecular flexibility index (Phi) is 11.6. The normalized spacial score (nSPS) is 8.11. The van der Waals surface area contributed by atoms with Crippen LogP contribution in [0, 0.1) is 18.3 Å². The van der Waals surface area contributed by atoms with Gasteiger partial charge in [-0.3, -0.25) is 4.79 Å². The van der Waals surface area contributed by atoms with Crippen molar-refractivity contribution >= 4 is 11.6 Å². The molecule has 0 aliphatic heterocycles. The number of hydrogen-bond acceptors (Lipinski definition) is 2. The smallest absolute Gasteiger partial charge is 0.223 e. The standard InChI is InChI=1S/C12H14N2O.2C2H6/c1-4-14(10(3)15)12-6-5-11(8-13)7-9(12)2;2*1-2/h5-7H,4H2,1-3H3;2*1-2H3.